The number of aromatic nitrogens is 1. The maximum absolute atomic E-state index is 6.18. The molecule has 0 aromatic carbocycles. The van der Waals surface area contributed by atoms with Crippen molar-refractivity contribution in [3.63, 3.8) is 0 Å². The molecule has 0 amide bonds. The maximum Gasteiger partial charge on any atom is 0.168 e. The summed E-state index contributed by atoms with van der Waals surface area (Å²) in [5, 5.41) is 3.43. The zero-order chi connectivity index (χ0) is 13.8. The number of hydrogen-bond acceptors (Lipinski definition) is 4. The van der Waals surface area contributed by atoms with Crippen LogP contribution in [0.15, 0.2) is 24.5 Å². The molecular weight excluding hydrogens is 252 g/mol. The van der Waals surface area contributed by atoms with E-state index in [1.807, 2.05) is 12.3 Å². The SMILES string of the molecule is CC1CCC2(CC1)OC[C@H](CNCc1cccnc1)O2. The van der Waals surface area contributed by atoms with Crippen LogP contribution in [0, 0.1) is 5.92 Å². The number of pyridine rings is 1. The van der Waals surface area contributed by atoms with Crippen molar-refractivity contribution in [2.24, 2.45) is 5.92 Å². The van der Waals surface area contributed by atoms with E-state index in [0.717, 1.165) is 31.8 Å². The number of hydrogen-bond donors (Lipinski definition) is 1. The Balaban J connectivity index is 1.42. The third-order valence-corrected chi connectivity index (χ3v) is 4.37. The van der Waals surface area contributed by atoms with Crippen LogP contribution in [-0.2, 0) is 16.0 Å². The smallest absolute Gasteiger partial charge is 0.168 e. The normalized spacial score (nSPS) is 33.6. The van der Waals surface area contributed by atoms with Gasteiger partial charge in [0.05, 0.1) is 12.7 Å². The van der Waals surface area contributed by atoms with Crippen molar-refractivity contribution in [3.8, 4) is 0 Å². The molecule has 1 spiro atoms. The average Bonchev–Trinajstić information content (AvgIpc) is 2.87. The summed E-state index contributed by atoms with van der Waals surface area (Å²) in [7, 11) is 0. The van der Waals surface area contributed by atoms with E-state index >= 15 is 0 Å². The second kappa shape index (κ2) is 6.20. The summed E-state index contributed by atoms with van der Waals surface area (Å²) in [6.07, 6.45) is 8.40. The van der Waals surface area contributed by atoms with Gasteiger partial charge in [0.15, 0.2) is 5.79 Å². The zero-order valence-corrected chi connectivity index (χ0v) is 12.2. The van der Waals surface area contributed by atoms with Crippen molar-refractivity contribution in [2.45, 2.75) is 51.0 Å². The molecule has 0 bridgehead atoms. The summed E-state index contributed by atoms with van der Waals surface area (Å²) < 4.78 is 12.1. The monoisotopic (exact) mass is 276 g/mol. The van der Waals surface area contributed by atoms with Crippen LogP contribution < -0.4 is 5.32 Å². The Morgan fingerprint density at radius 2 is 2.25 bits per heavy atom. The van der Waals surface area contributed by atoms with Gasteiger partial charge in [0.1, 0.15) is 0 Å². The summed E-state index contributed by atoms with van der Waals surface area (Å²) in [5.41, 5.74) is 1.20. The summed E-state index contributed by atoms with van der Waals surface area (Å²) in [5.74, 6) is 0.545. The van der Waals surface area contributed by atoms with Crippen molar-refractivity contribution in [3.05, 3.63) is 30.1 Å². The standard InChI is InChI=1S/C16H24N2O2/c1-13-4-6-16(7-5-13)19-12-15(20-16)11-18-10-14-3-2-8-17-9-14/h2-3,8-9,13,15,18H,4-7,10-12H2,1H3/t13?,15-,16?/m0/s1. The number of nitrogens with zero attached hydrogens (tertiary/aromatic N) is 1. The Morgan fingerprint density at radius 1 is 1.40 bits per heavy atom. The van der Waals surface area contributed by atoms with Crippen LogP contribution in [0.5, 0.6) is 0 Å². The lowest BCUT2D eigenvalue weighted by atomic mass is 9.86. The molecular formula is C16H24N2O2. The molecule has 2 heterocycles. The van der Waals surface area contributed by atoms with Gasteiger partial charge >= 0.3 is 0 Å². The van der Waals surface area contributed by atoms with Gasteiger partial charge in [-0.25, -0.2) is 0 Å². The molecule has 1 aliphatic carbocycles. The van der Waals surface area contributed by atoms with Gasteiger partial charge in [-0.2, -0.15) is 0 Å². The highest BCUT2D eigenvalue weighted by atomic mass is 16.7. The van der Waals surface area contributed by atoms with Crippen molar-refractivity contribution in [2.75, 3.05) is 13.2 Å². The van der Waals surface area contributed by atoms with E-state index in [0.29, 0.717) is 6.61 Å². The van der Waals surface area contributed by atoms with Crippen molar-refractivity contribution in [1.82, 2.24) is 10.3 Å². The molecule has 4 heteroatoms. The maximum atomic E-state index is 6.18. The topological polar surface area (TPSA) is 43.4 Å². The summed E-state index contributed by atoms with van der Waals surface area (Å²) in [6.45, 7) is 4.70. The largest absolute Gasteiger partial charge is 0.347 e. The lowest BCUT2D eigenvalue weighted by Crippen LogP contribution is -2.37. The van der Waals surface area contributed by atoms with Crippen LogP contribution >= 0.6 is 0 Å². The Labute approximate surface area is 120 Å². The first-order valence-corrected chi connectivity index (χ1v) is 7.67. The average molecular weight is 276 g/mol. The molecule has 1 aromatic heterocycles. The van der Waals surface area contributed by atoms with Crippen LogP contribution in [0.3, 0.4) is 0 Å². The van der Waals surface area contributed by atoms with Gasteiger partial charge in [-0.1, -0.05) is 13.0 Å². The molecule has 2 aliphatic rings. The molecule has 1 N–H and O–H groups in total. The second-order valence-corrected chi connectivity index (χ2v) is 6.14. The fourth-order valence-electron chi connectivity index (χ4n) is 3.06. The molecule has 0 unspecified atom stereocenters. The number of rotatable bonds is 4. The van der Waals surface area contributed by atoms with Crippen molar-refractivity contribution < 1.29 is 9.47 Å². The fraction of sp³-hybridized carbons (Fsp3) is 0.688. The summed E-state index contributed by atoms with van der Waals surface area (Å²) in [6, 6.07) is 4.04. The second-order valence-electron chi connectivity index (χ2n) is 6.14. The van der Waals surface area contributed by atoms with E-state index in [4.69, 9.17) is 9.47 Å². The highest BCUT2D eigenvalue weighted by Crippen LogP contribution is 2.39. The summed E-state index contributed by atoms with van der Waals surface area (Å²) >= 11 is 0. The number of ether oxygens (including phenoxy) is 2. The Bertz CT molecular complexity index is 416. The molecule has 2 fully saturated rings. The highest BCUT2D eigenvalue weighted by Gasteiger charge is 2.43. The van der Waals surface area contributed by atoms with Gasteiger partial charge in [-0.15, -0.1) is 0 Å². The van der Waals surface area contributed by atoms with E-state index in [2.05, 4.69) is 23.3 Å². The molecule has 0 radical (unpaired) electrons. The van der Waals surface area contributed by atoms with Crippen LogP contribution in [0.1, 0.15) is 38.2 Å². The lowest BCUT2D eigenvalue weighted by molar-refractivity contribution is -0.191. The first-order chi connectivity index (χ1) is 9.76. The molecule has 1 aliphatic heterocycles. The first kappa shape index (κ1) is 14.0. The van der Waals surface area contributed by atoms with E-state index in [1.54, 1.807) is 6.20 Å². The molecule has 4 nitrogen and oxygen atoms in total. The van der Waals surface area contributed by atoms with Crippen LogP contribution in [0.4, 0.5) is 0 Å². The molecule has 1 saturated heterocycles. The minimum Gasteiger partial charge on any atom is -0.347 e. The minimum absolute atomic E-state index is 0.181. The third kappa shape index (κ3) is 3.37. The van der Waals surface area contributed by atoms with Gasteiger partial charge in [0, 0.05) is 38.3 Å². The van der Waals surface area contributed by atoms with Gasteiger partial charge in [0.25, 0.3) is 0 Å². The van der Waals surface area contributed by atoms with E-state index in [-0.39, 0.29) is 11.9 Å². The molecule has 110 valence electrons. The molecule has 1 saturated carbocycles. The Morgan fingerprint density at radius 3 is 3.00 bits per heavy atom. The highest BCUT2D eigenvalue weighted by molar-refractivity contribution is 5.07. The Hall–Kier alpha value is -0.970. The van der Waals surface area contributed by atoms with E-state index in [1.165, 1.54) is 18.4 Å². The van der Waals surface area contributed by atoms with Gasteiger partial charge in [0.2, 0.25) is 0 Å². The summed E-state index contributed by atoms with van der Waals surface area (Å²) in [4.78, 5) is 4.11. The van der Waals surface area contributed by atoms with Crippen molar-refractivity contribution >= 4 is 0 Å². The fourth-order valence-corrected chi connectivity index (χ4v) is 3.06. The Kier molecular flexibility index (Phi) is 4.34. The van der Waals surface area contributed by atoms with E-state index < -0.39 is 0 Å². The molecule has 3 rings (SSSR count). The predicted octanol–water partition coefficient (Wildman–Crippen LogP) is 2.49. The van der Waals surface area contributed by atoms with Crippen LogP contribution in [0.2, 0.25) is 0 Å². The lowest BCUT2D eigenvalue weighted by Gasteiger charge is -2.34. The third-order valence-electron chi connectivity index (χ3n) is 4.37. The quantitative estimate of drug-likeness (QED) is 0.917. The van der Waals surface area contributed by atoms with E-state index in [9.17, 15) is 0 Å². The van der Waals surface area contributed by atoms with Gasteiger partial charge < -0.3 is 14.8 Å². The minimum atomic E-state index is -0.271. The van der Waals surface area contributed by atoms with Crippen LogP contribution in [-0.4, -0.2) is 30.0 Å². The molecule has 20 heavy (non-hydrogen) atoms. The predicted molar refractivity (Wildman–Crippen MR) is 77.1 cm³/mol. The molecule has 1 aromatic rings. The molecule has 1 atom stereocenters. The zero-order valence-electron chi connectivity index (χ0n) is 12.2. The van der Waals surface area contributed by atoms with Crippen LogP contribution in [0.25, 0.3) is 0 Å². The number of nitrogens with one attached hydrogen (secondary N) is 1. The van der Waals surface area contributed by atoms with Gasteiger partial charge in [-0.05, 0) is 30.4 Å². The van der Waals surface area contributed by atoms with Gasteiger partial charge in [-0.3, -0.25) is 4.98 Å². The van der Waals surface area contributed by atoms with Crippen molar-refractivity contribution in [1.29, 1.82) is 0 Å². The first-order valence-electron chi connectivity index (χ1n) is 7.67.